The Hall–Kier alpha value is -1.43. The largest absolute Gasteiger partial charge is 0.350 e. The van der Waals surface area contributed by atoms with Crippen molar-refractivity contribution >= 4 is 23.2 Å². The van der Waals surface area contributed by atoms with Gasteiger partial charge in [0.05, 0.1) is 17.2 Å². The van der Waals surface area contributed by atoms with Crippen LogP contribution in [-0.2, 0) is 16.1 Å². The number of nitrogens with one attached hydrogen (secondary N) is 1. The highest BCUT2D eigenvalue weighted by Gasteiger charge is 2.25. The Morgan fingerprint density at radius 1 is 1.50 bits per heavy atom. The first-order chi connectivity index (χ1) is 10.5. The van der Waals surface area contributed by atoms with E-state index in [9.17, 15) is 9.59 Å². The van der Waals surface area contributed by atoms with Gasteiger partial charge >= 0.3 is 0 Å². The number of likely N-dealkylation sites (tertiary alicyclic amines) is 1. The molecular formula is C16H25N3O2S. The average molecular weight is 323 g/mol. The highest BCUT2D eigenvalue weighted by Crippen LogP contribution is 2.29. The molecule has 0 aromatic carbocycles. The van der Waals surface area contributed by atoms with Crippen LogP contribution in [0.25, 0.3) is 0 Å². The number of nitrogens with zero attached hydrogens (tertiary/aromatic N) is 2. The number of piperidine rings is 1. The van der Waals surface area contributed by atoms with E-state index in [4.69, 9.17) is 0 Å². The molecular weight excluding hydrogens is 298 g/mol. The molecule has 1 aliphatic heterocycles. The number of thiazole rings is 1. The van der Waals surface area contributed by atoms with Crippen LogP contribution < -0.4 is 5.32 Å². The lowest BCUT2D eigenvalue weighted by atomic mass is 9.98. The first kappa shape index (κ1) is 16.9. The second kappa shape index (κ2) is 7.72. The molecule has 1 fully saturated rings. The first-order valence-electron chi connectivity index (χ1n) is 8.01. The number of aromatic nitrogens is 1. The van der Waals surface area contributed by atoms with Crippen molar-refractivity contribution in [2.45, 2.75) is 52.5 Å². The van der Waals surface area contributed by atoms with Crippen LogP contribution in [-0.4, -0.2) is 34.8 Å². The van der Waals surface area contributed by atoms with Gasteiger partial charge in [0.2, 0.25) is 11.8 Å². The van der Waals surface area contributed by atoms with Gasteiger partial charge in [-0.2, -0.15) is 0 Å². The van der Waals surface area contributed by atoms with Gasteiger partial charge in [0.15, 0.2) is 0 Å². The van der Waals surface area contributed by atoms with Crippen LogP contribution in [0.1, 0.15) is 56.7 Å². The molecule has 0 spiro atoms. The zero-order chi connectivity index (χ0) is 16.1. The maximum atomic E-state index is 11.9. The van der Waals surface area contributed by atoms with E-state index in [1.54, 1.807) is 11.3 Å². The molecule has 0 bridgehead atoms. The Balaban J connectivity index is 1.93. The summed E-state index contributed by atoms with van der Waals surface area (Å²) in [5.41, 5.74) is 0.910. The van der Waals surface area contributed by atoms with E-state index in [0.717, 1.165) is 36.6 Å². The van der Waals surface area contributed by atoms with E-state index in [1.807, 2.05) is 31.1 Å². The molecule has 1 N–H and O–H groups in total. The topological polar surface area (TPSA) is 62.3 Å². The number of hydrogen-bond acceptors (Lipinski definition) is 4. The minimum atomic E-state index is -0.00920. The lowest BCUT2D eigenvalue weighted by Gasteiger charge is -2.31. The Bertz CT molecular complexity index is 527. The van der Waals surface area contributed by atoms with Gasteiger partial charge in [-0.1, -0.05) is 20.8 Å². The summed E-state index contributed by atoms with van der Waals surface area (Å²) >= 11 is 1.64. The fourth-order valence-corrected chi connectivity index (χ4v) is 3.55. The molecule has 22 heavy (non-hydrogen) atoms. The van der Waals surface area contributed by atoms with Gasteiger partial charge in [-0.05, 0) is 12.8 Å². The number of rotatable bonds is 5. The molecule has 1 atom stereocenters. The van der Waals surface area contributed by atoms with Crippen LogP contribution >= 0.6 is 11.3 Å². The van der Waals surface area contributed by atoms with Crippen LogP contribution in [0, 0.1) is 5.92 Å². The Morgan fingerprint density at radius 2 is 2.27 bits per heavy atom. The van der Waals surface area contributed by atoms with E-state index < -0.39 is 0 Å². The van der Waals surface area contributed by atoms with Crippen molar-refractivity contribution in [3.63, 3.8) is 0 Å². The standard InChI is InChI=1S/C16H25N3O2S/c1-4-14(20)19-7-5-6-12(9-19)16-18-13(10-22-16)8-17-15(21)11(2)3/h10-12H,4-9H2,1-3H3,(H,17,21). The highest BCUT2D eigenvalue weighted by molar-refractivity contribution is 7.09. The molecule has 1 saturated heterocycles. The summed E-state index contributed by atoms with van der Waals surface area (Å²) < 4.78 is 0. The molecule has 0 saturated carbocycles. The molecule has 1 unspecified atom stereocenters. The predicted molar refractivity (Wildman–Crippen MR) is 87.6 cm³/mol. The van der Waals surface area contributed by atoms with Crippen molar-refractivity contribution < 1.29 is 9.59 Å². The third-order valence-electron chi connectivity index (χ3n) is 3.96. The SMILES string of the molecule is CCC(=O)N1CCCC(c2nc(CNC(=O)C(C)C)cs2)C1. The van der Waals surface area contributed by atoms with Gasteiger partial charge in [0.25, 0.3) is 0 Å². The predicted octanol–water partition coefficient (Wildman–Crippen LogP) is 2.53. The lowest BCUT2D eigenvalue weighted by Crippen LogP contribution is -2.38. The third-order valence-corrected chi connectivity index (χ3v) is 5.02. The molecule has 0 aliphatic carbocycles. The van der Waals surface area contributed by atoms with Gasteiger partial charge in [-0.15, -0.1) is 11.3 Å². The van der Waals surface area contributed by atoms with E-state index in [0.29, 0.717) is 18.9 Å². The highest BCUT2D eigenvalue weighted by atomic mass is 32.1. The van der Waals surface area contributed by atoms with Crippen molar-refractivity contribution in [3.8, 4) is 0 Å². The molecule has 1 aromatic rings. The number of carbonyl (C=O) groups is 2. The van der Waals surface area contributed by atoms with Gasteiger partial charge in [-0.25, -0.2) is 4.98 Å². The quantitative estimate of drug-likeness (QED) is 0.906. The summed E-state index contributed by atoms with van der Waals surface area (Å²) in [6.45, 7) is 7.79. The second-order valence-electron chi connectivity index (χ2n) is 6.08. The minimum Gasteiger partial charge on any atom is -0.350 e. The van der Waals surface area contributed by atoms with Gasteiger partial charge in [-0.3, -0.25) is 9.59 Å². The molecule has 2 amide bonds. The zero-order valence-corrected chi connectivity index (χ0v) is 14.4. The van der Waals surface area contributed by atoms with E-state index >= 15 is 0 Å². The summed E-state index contributed by atoms with van der Waals surface area (Å²) in [7, 11) is 0. The summed E-state index contributed by atoms with van der Waals surface area (Å²) in [6.07, 6.45) is 2.69. The van der Waals surface area contributed by atoms with Crippen molar-refractivity contribution in [2.75, 3.05) is 13.1 Å². The summed E-state index contributed by atoms with van der Waals surface area (Å²) in [6, 6.07) is 0. The monoisotopic (exact) mass is 323 g/mol. The molecule has 6 heteroatoms. The van der Waals surface area contributed by atoms with Crippen molar-refractivity contribution in [1.82, 2.24) is 15.2 Å². The second-order valence-corrected chi connectivity index (χ2v) is 6.97. The minimum absolute atomic E-state index is 0.00920. The van der Waals surface area contributed by atoms with Gasteiger partial charge < -0.3 is 10.2 Å². The number of carbonyl (C=O) groups excluding carboxylic acids is 2. The summed E-state index contributed by atoms with van der Waals surface area (Å²) in [5, 5.41) is 5.99. The van der Waals surface area contributed by atoms with E-state index in [1.165, 1.54) is 0 Å². The van der Waals surface area contributed by atoms with E-state index in [2.05, 4.69) is 10.3 Å². The lowest BCUT2D eigenvalue weighted by molar-refractivity contribution is -0.132. The van der Waals surface area contributed by atoms with Crippen LogP contribution in [0.4, 0.5) is 0 Å². The van der Waals surface area contributed by atoms with E-state index in [-0.39, 0.29) is 17.7 Å². The first-order valence-corrected chi connectivity index (χ1v) is 8.89. The van der Waals surface area contributed by atoms with Crippen LogP contribution in [0.5, 0.6) is 0 Å². The summed E-state index contributed by atoms with van der Waals surface area (Å²) in [4.78, 5) is 30.1. The molecule has 2 rings (SSSR count). The van der Waals surface area contributed by atoms with Gasteiger partial charge in [0, 0.05) is 36.7 Å². The summed E-state index contributed by atoms with van der Waals surface area (Å²) in [5.74, 6) is 0.603. The molecule has 122 valence electrons. The smallest absolute Gasteiger partial charge is 0.222 e. The van der Waals surface area contributed by atoms with Gasteiger partial charge in [0.1, 0.15) is 0 Å². The normalized spacial score (nSPS) is 18.5. The maximum absolute atomic E-state index is 11.9. The Labute approximate surface area is 136 Å². The molecule has 2 heterocycles. The average Bonchev–Trinajstić information content (AvgIpc) is 3.00. The fraction of sp³-hybridized carbons (Fsp3) is 0.688. The molecule has 1 aromatic heterocycles. The number of amides is 2. The van der Waals surface area contributed by atoms with Crippen LogP contribution in [0.2, 0.25) is 0 Å². The van der Waals surface area contributed by atoms with Crippen molar-refractivity contribution in [3.05, 3.63) is 16.1 Å². The van der Waals surface area contributed by atoms with Crippen molar-refractivity contribution in [2.24, 2.45) is 5.92 Å². The molecule has 1 aliphatic rings. The zero-order valence-electron chi connectivity index (χ0n) is 13.6. The number of hydrogen-bond donors (Lipinski definition) is 1. The van der Waals surface area contributed by atoms with Crippen molar-refractivity contribution in [1.29, 1.82) is 0 Å². The maximum Gasteiger partial charge on any atom is 0.222 e. The fourth-order valence-electron chi connectivity index (χ4n) is 2.60. The molecule has 5 nitrogen and oxygen atoms in total. The Morgan fingerprint density at radius 3 is 2.95 bits per heavy atom. The Kier molecular flexibility index (Phi) is 5.94. The molecule has 0 radical (unpaired) electrons. The van der Waals surface area contributed by atoms with Crippen LogP contribution in [0.15, 0.2) is 5.38 Å². The third kappa shape index (κ3) is 4.29. The van der Waals surface area contributed by atoms with Crippen LogP contribution in [0.3, 0.4) is 0 Å².